The Morgan fingerprint density at radius 3 is 2.35 bits per heavy atom. The van der Waals surface area contributed by atoms with Crippen molar-refractivity contribution in [2.24, 2.45) is 0 Å². The van der Waals surface area contributed by atoms with Crippen molar-refractivity contribution in [1.29, 1.82) is 0 Å². The number of nitrogens with zero attached hydrogens (tertiary/aromatic N) is 4. The number of hydrogen-bond acceptors (Lipinski definition) is 5. The Bertz CT molecular complexity index is 673. The molecule has 17 heavy (non-hydrogen) atoms. The minimum Gasteiger partial charge on any atom is -0.273 e. The van der Waals surface area contributed by atoms with Gasteiger partial charge in [0, 0.05) is 11.8 Å². The maximum Gasteiger partial charge on any atom is 0.335 e. The zero-order valence-corrected chi connectivity index (χ0v) is 9.95. The van der Waals surface area contributed by atoms with E-state index in [1.807, 2.05) is 0 Å². The molecule has 0 fully saturated rings. The maximum atomic E-state index is 11.5. The Labute approximate surface area is 104 Å². The van der Waals surface area contributed by atoms with Gasteiger partial charge >= 0.3 is 5.69 Å². The number of halogens is 2. The first-order chi connectivity index (χ1) is 7.97. The van der Waals surface area contributed by atoms with Crippen LogP contribution in [0, 0.1) is 6.92 Å². The molecule has 0 bridgehead atoms. The summed E-state index contributed by atoms with van der Waals surface area (Å²) in [6, 6.07) is 0. The van der Waals surface area contributed by atoms with Crippen LogP contribution in [-0.2, 0) is 0 Å². The molecule has 0 spiro atoms. The number of aryl methyl sites for hydroxylation is 1. The van der Waals surface area contributed by atoms with Crippen molar-refractivity contribution in [2.75, 3.05) is 0 Å². The predicted octanol–water partition coefficient (Wildman–Crippen LogP) is 0.326. The van der Waals surface area contributed by atoms with E-state index in [1.165, 1.54) is 6.20 Å². The van der Waals surface area contributed by atoms with Crippen LogP contribution in [0.25, 0.3) is 5.95 Å². The molecule has 0 aliphatic heterocycles. The van der Waals surface area contributed by atoms with Crippen LogP contribution in [-0.4, -0.2) is 24.5 Å². The molecular weight excluding hydrogens is 269 g/mol. The van der Waals surface area contributed by atoms with Crippen molar-refractivity contribution in [3.8, 4) is 5.95 Å². The number of aromatic nitrogens is 5. The van der Waals surface area contributed by atoms with Crippen LogP contribution in [0.15, 0.2) is 15.8 Å². The lowest BCUT2D eigenvalue weighted by Crippen LogP contribution is -2.30. The van der Waals surface area contributed by atoms with Gasteiger partial charge in [-0.15, -0.1) is 0 Å². The Hall–Kier alpha value is -1.73. The first-order valence-electron chi connectivity index (χ1n) is 4.37. The fourth-order valence-corrected chi connectivity index (χ4v) is 1.49. The smallest absolute Gasteiger partial charge is 0.273 e. The van der Waals surface area contributed by atoms with Gasteiger partial charge in [0.25, 0.3) is 5.56 Å². The molecule has 2 rings (SSSR count). The van der Waals surface area contributed by atoms with E-state index in [1.54, 1.807) is 6.92 Å². The number of hydrogen-bond donors (Lipinski definition) is 1. The largest absolute Gasteiger partial charge is 0.335 e. The van der Waals surface area contributed by atoms with E-state index in [0.717, 1.165) is 4.57 Å². The summed E-state index contributed by atoms with van der Waals surface area (Å²) in [6.07, 6.45) is 1.29. The van der Waals surface area contributed by atoms with Gasteiger partial charge in [0.05, 0.1) is 0 Å². The number of aromatic amines is 1. The first kappa shape index (κ1) is 11.7. The van der Waals surface area contributed by atoms with E-state index >= 15 is 0 Å². The lowest BCUT2D eigenvalue weighted by molar-refractivity contribution is 0.809. The molecule has 0 saturated heterocycles. The number of H-pyrrole nitrogens is 1. The lowest BCUT2D eigenvalue weighted by atomic mass is 10.4. The van der Waals surface area contributed by atoms with Gasteiger partial charge in [-0.2, -0.15) is 15.0 Å². The van der Waals surface area contributed by atoms with Crippen molar-refractivity contribution in [3.05, 3.63) is 43.2 Å². The van der Waals surface area contributed by atoms with Gasteiger partial charge < -0.3 is 0 Å². The molecule has 0 saturated carbocycles. The highest BCUT2D eigenvalue weighted by Crippen LogP contribution is 2.08. The second-order valence-electron chi connectivity index (χ2n) is 3.11. The Morgan fingerprint density at radius 1 is 1.18 bits per heavy atom. The van der Waals surface area contributed by atoms with Crippen LogP contribution in [0.3, 0.4) is 0 Å². The summed E-state index contributed by atoms with van der Waals surface area (Å²) in [5.41, 5.74) is -0.825. The molecule has 0 unspecified atom stereocenters. The quantitative estimate of drug-likeness (QED) is 0.808. The minimum absolute atomic E-state index is 0.0562. The van der Waals surface area contributed by atoms with Crippen LogP contribution in [0.4, 0.5) is 0 Å². The molecular formula is C8H5Cl2N5O2. The summed E-state index contributed by atoms with van der Waals surface area (Å²) in [6.45, 7) is 1.54. The molecule has 0 aliphatic carbocycles. The molecule has 2 aromatic rings. The summed E-state index contributed by atoms with van der Waals surface area (Å²) in [7, 11) is 0. The van der Waals surface area contributed by atoms with Crippen molar-refractivity contribution < 1.29 is 0 Å². The molecule has 0 aromatic carbocycles. The van der Waals surface area contributed by atoms with Gasteiger partial charge in [-0.3, -0.25) is 9.78 Å². The predicted molar refractivity (Wildman–Crippen MR) is 60.8 cm³/mol. The summed E-state index contributed by atoms with van der Waals surface area (Å²) >= 11 is 11.2. The average molecular weight is 274 g/mol. The normalized spacial score (nSPS) is 10.5. The fraction of sp³-hybridized carbons (Fsp3) is 0.125. The third-order valence-corrected chi connectivity index (χ3v) is 2.24. The maximum absolute atomic E-state index is 11.5. The van der Waals surface area contributed by atoms with Gasteiger partial charge in [0.2, 0.25) is 16.5 Å². The second-order valence-corrected chi connectivity index (χ2v) is 3.79. The van der Waals surface area contributed by atoms with Crippen molar-refractivity contribution in [3.63, 3.8) is 0 Å². The molecule has 88 valence electrons. The van der Waals surface area contributed by atoms with Gasteiger partial charge in [0.1, 0.15) is 0 Å². The van der Waals surface area contributed by atoms with Gasteiger partial charge in [-0.1, -0.05) is 0 Å². The van der Waals surface area contributed by atoms with Crippen LogP contribution in [0.1, 0.15) is 5.56 Å². The Kier molecular flexibility index (Phi) is 2.95. The molecule has 0 radical (unpaired) electrons. The third kappa shape index (κ3) is 2.34. The monoisotopic (exact) mass is 273 g/mol. The zero-order valence-electron chi connectivity index (χ0n) is 8.44. The SMILES string of the molecule is Cc1cn(-c2nc(Cl)nc(Cl)n2)c(=O)[nH]c1=O. The summed E-state index contributed by atoms with van der Waals surface area (Å²) in [5.74, 6) is -0.0562. The lowest BCUT2D eigenvalue weighted by Gasteiger charge is -2.03. The van der Waals surface area contributed by atoms with E-state index in [-0.39, 0.29) is 16.5 Å². The first-order valence-corrected chi connectivity index (χ1v) is 5.13. The highest BCUT2D eigenvalue weighted by Gasteiger charge is 2.08. The topological polar surface area (TPSA) is 93.5 Å². The van der Waals surface area contributed by atoms with E-state index in [4.69, 9.17) is 23.2 Å². The van der Waals surface area contributed by atoms with Crippen molar-refractivity contribution in [1.82, 2.24) is 24.5 Å². The fourth-order valence-electron chi connectivity index (χ4n) is 1.14. The third-order valence-electron chi connectivity index (χ3n) is 1.90. The number of rotatable bonds is 1. The molecule has 7 nitrogen and oxygen atoms in total. The second kappa shape index (κ2) is 4.27. The molecule has 0 atom stereocenters. The summed E-state index contributed by atoms with van der Waals surface area (Å²) in [4.78, 5) is 35.9. The van der Waals surface area contributed by atoms with Gasteiger partial charge in [-0.05, 0) is 30.1 Å². The molecule has 2 heterocycles. The van der Waals surface area contributed by atoms with Crippen molar-refractivity contribution >= 4 is 23.2 Å². The molecule has 9 heteroatoms. The van der Waals surface area contributed by atoms with Gasteiger partial charge in [0.15, 0.2) is 0 Å². The zero-order chi connectivity index (χ0) is 12.6. The Morgan fingerprint density at radius 2 is 1.76 bits per heavy atom. The van der Waals surface area contributed by atoms with E-state index in [0.29, 0.717) is 5.56 Å². The molecule has 2 aromatic heterocycles. The molecule has 1 N–H and O–H groups in total. The van der Waals surface area contributed by atoms with Gasteiger partial charge in [-0.25, -0.2) is 9.36 Å². The number of nitrogens with one attached hydrogen (secondary N) is 1. The standard InChI is InChI=1S/C8H5Cl2N5O2/c1-3-2-15(8(17)11-4(3)16)7-13-5(9)12-6(10)14-7/h2H,1H3,(H,11,16,17). The van der Waals surface area contributed by atoms with Crippen LogP contribution in [0.2, 0.25) is 10.6 Å². The average Bonchev–Trinajstić information content (AvgIpc) is 2.22. The highest BCUT2D eigenvalue weighted by atomic mass is 35.5. The van der Waals surface area contributed by atoms with Crippen molar-refractivity contribution in [2.45, 2.75) is 6.92 Å². The minimum atomic E-state index is -0.682. The molecule has 0 aliphatic rings. The van der Waals surface area contributed by atoms with E-state index < -0.39 is 11.2 Å². The van der Waals surface area contributed by atoms with Crippen LogP contribution < -0.4 is 11.2 Å². The van der Waals surface area contributed by atoms with E-state index in [2.05, 4.69) is 19.9 Å². The molecule has 0 amide bonds. The highest BCUT2D eigenvalue weighted by molar-refractivity contribution is 6.31. The van der Waals surface area contributed by atoms with Crippen LogP contribution in [0.5, 0.6) is 0 Å². The summed E-state index contributed by atoms with van der Waals surface area (Å²) < 4.78 is 1.02. The van der Waals surface area contributed by atoms with E-state index in [9.17, 15) is 9.59 Å². The summed E-state index contributed by atoms with van der Waals surface area (Å²) in [5, 5.41) is -0.286. The van der Waals surface area contributed by atoms with Crippen LogP contribution >= 0.6 is 23.2 Å². The Balaban J connectivity index is 2.72.